The molecule has 1 saturated heterocycles. The first-order chi connectivity index (χ1) is 15.5. The van der Waals surface area contributed by atoms with Crippen LogP contribution in [0.25, 0.3) is 0 Å². The predicted molar refractivity (Wildman–Crippen MR) is 131 cm³/mol. The summed E-state index contributed by atoms with van der Waals surface area (Å²) >= 11 is 3.38. The number of hydrogen-bond donors (Lipinski definition) is 4. The van der Waals surface area contributed by atoms with Crippen molar-refractivity contribution in [2.75, 3.05) is 22.5 Å². The van der Waals surface area contributed by atoms with Crippen molar-refractivity contribution in [2.45, 2.75) is 51.0 Å². The highest BCUT2D eigenvalue weighted by atomic mass is 79.9. The van der Waals surface area contributed by atoms with Crippen LogP contribution in [0.5, 0.6) is 0 Å². The first kappa shape index (κ1) is 23.9. The van der Waals surface area contributed by atoms with Gasteiger partial charge in [-0.2, -0.15) is 0 Å². The molecule has 0 radical (unpaired) electrons. The number of halogens is 1. The first-order valence-corrected chi connectivity index (χ1v) is 11.8. The second-order valence-electron chi connectivity index (χ2n) is 7.85. The first-order valence-electron chi connectivity index (χ1n) is 11.0. The summed E-state index contributed by atoms with van der Waals surface area (Å²) in [5.41, 5.74) is 1.96. The van der Waals surface area contributed by atoms with Crippen LogP contribution in [0.2, 0.25) is 0 Å². The van der Waals surface area contributed by atoms with Gasteiger partial charge < -0.3 is 21.3 Å². The van der Waals surface area contributed by atoms with Crippen LogP contribution in [0.15, 0.2) is 53.0 Å². The van der Waals surface area contributed by atoms with Gasteiger partial charge in [-0.15, -0.1) is 0 Å². The van der Waals surface area contributed by atoms with Gasteiger partial charge in [-0.05, 0) is 62.6 Å². The maximum atomic E-state index is 12.4. The third-order valence-electron chi connectivity index (χ3n) is 5.25. The second kappa shape index (κ2) is 12.4. The molecule has 0 bridgehead atoms. The lowest BCUT2D eigenvalue weighted by atomic mass is 10.1. The summed E-state index contributed by atoms with van der Waals surface area (Å²) in [6.45, 7) is 0.849. The zero-order valence-corrected chi connectivity index (χ0v) is 19.5. The molecule has 0 unspecified atom stereocenters. The molecule has 1 atom stereocenters. The maximum Gasteiger partial charge on any atom is 0.241 e. The molecule has 1 fully saturated rings. The Labute approximate surface area is 196 Å². The normalized spacial score (nSPS) is 15.2. The number of amides is 3. The van der Waals surface area contributed by atoms with Crippen molar-refractivity contribution in [1.29, 1.82) is 0 Å². The van der Waals surface area contributed by atoms with E-state index in [9.17, 15) is 14.4 Å². The summed E-state index contributed by atoms with van der Waals surface area (Å²) in [6.07, 6.45) is 4.77. The number of anilines is 3. The molecule has 32 heavy (non-hydrogen) atoms. The molecule has 1 heterocycles. The highest BCUT2D eigenvalue weighted by Gasteiger charge is 2.22. The van der Waals surface area contributed by atoms with Crippen LogP contribution >= 0.6 is 15.9 Å². The van der Waals surface area contributed by atoms with Gasteiger partial charge in [0.05, 0.1) is 17.4 Å². The summed E-state index contributed by atoms with van der Waals surface area (Å²) in [5.74, 6) is -0.219. The topological polar surface area (TPSA) is 99.3 Å². The number of hydrogen-bond acceptors (Lipinski definition) is 4. The molecule has 2 aromatic carbocycles. The summed E-state index contributed by atoms with van der Waals surface area (Å²) < 4.78 is 0.914. The van der Waals surface area contributed by atoms with Crippen LogP contribution in [0, 0.1) is 0 Å². The summed E-state index contributed by atoms with van der Waals surface area (Å²) in [4.78, 5) is 36.8. The van der Waals surface area contributed by atoms with E-state index < -0.39 is 0 Å². The number of nitrogens with one attached hydrogen (secondary N) is 4. The van der Waals surface area contributed by atoms with Gasteiger partial charge >= 0.3 is 0 Å². The molecule has 2 aromatic rings. The van der Waals surface area contributed by atoms with Crippen molar-refractivity contribution in [2.24, 2.45) is 0 Å². The van der Waals surface area contributed by atoms with Gasteiger partial charge in [-0.25, -0.2) is 0 Å². The van der Waals surface area contributed by atoms with Gasteiger partial charge in [0.15, 0.2) is 0 Å². The van der Waals surface area contributed by atoms with Crippen LogP contribution in [0.1, 0.15) is 44.9 Å². The van der Waals surface area contributed by atoms with Crippen molar-refractivity contribution in [1.82, 2.24) is 5.32 Å². The zero-order chi connectivity index (χ0) is 22.8. The highest BCUT2D eigenvalue weighted by Crippen LogP contribution is 2.22. The molecular weight excluding hydrogens is 472 g/mol. The smallest absolute Gasteiger partial charge is 0.241 e. The van der Waals surface area contributed by atoms with E-state index in [-0.39, 0.29) is 23.8 Å². The predicted octanol–water partition coefficient (Wildman–Crippen LogP) is 4.67. The Hall–Kier alpha value is -2.71. The number of unbranched alkanes of at least 4 members (excludes halogenated alkanes) is 2. The molecule has 4 N–H and O–H groups in total. The molecule has 0 saturated carbocycles. The molecule has 170 valence electrons. The minimum Gasteiger partial charge on any atom is -0.326 e. The third kappa shape index (κ3) is 7.76. The third-order valence-corrected chi connectivity index (χ3v) is 5.75. The summed E-state index contributed by atoms with van der Waals surface area (Å²) in [7, 11) is 0. The average molecular weight is 501 g/mol. The van der Waals surface area contributed by atoms with Crippen molar-refractivity contribution >= 4 is 50.7 Å². The number of rotatable bonds is 10. The fourth-order valence-corrected chi connectivity index (χ4v) is 3.98. The van der Waals surface area contributed by atoms with Crippen molar-refractivity contribution in [3.05, 3.63) is 53.0 Å². The van der Waals surface area contributed by atoms with E-state index in [4.69, 9.17) is 0 Å². The molecule has 0 aliphatic carbocycles. The Morgan fingerprint density at radius 3 is 2.22 bits per heavy atom. The van der Waals surface area contributed by atoms with Crippen LogP contribution in [-0.4, -0.2) is 30.3 Å². The minimum absolute atomic E-state index is 0.0334. The Morgan fingerprint density at radius 2 is 1.56 bits per heavy atom. The van der Waals surface area contributed by atoms with E-state index in [1.807, 2.05) is 36.4 Å². The van der Waals surface area contributed by atoms with Gasteiger partial charge in [0.2, 0.25) is 17.7 Å². The number of para-hydroxylation sites is 2. The van der Waals surface area contributed by atoms with Crippen molar-refractivity contribution < 1.29 is 14.4 Å². The van der Waals surface area contributed by atoms with Crippen molar-refractivity contribution in [3.8, 4) is 0 Å². The molecular formula is C24H29BrN4O3. The summed E-state index contributed by atoms with van der Waals surface area (Å²) in [6, 6.07) is 14.5. The molecule has 3 amide bonds. The molecule has 3 rings (SSSR count). The van der Waals surface area contributed by atoms with E-state index in [1.54, 1.807) is 12.1 Å². The fourth-order valence-electron chi connectivity index (χ4n) is 3.58. The van der Waals surface area contributed by atoms with E-state index in [0.29, 0.717) is 37.1 Å². The molecule has 0 aromatic heterocycles. The summed E-state index contributed by atoms with van der Waals surface area (Å²) in [5, 5.41) is 11.8. The molecule has 8 heteroatoms. The molecule has 1 aliphatic heterocycles. The van der Waals surface area contributed by atoms with Gasteiger partial charge in [-0.1, -0.05) is 40.5 Å². The number of carbonyl (C=O) groups is 3. The largest absolute Gasteiger partial charge is 0.326 e. The van der Waals surface area contributed by atoms with Gasteiger partial charge in [0.1, 0.15) is 0 Å². The molecule has 7 nitrogen and oxygen atoms in total. The highest BCUT2D eigenvalue weighted by molar-refractivity contribution is 9.10. The Bertz CT molecular complexity index is 944. The fraction of sp³-hybridized carbons (Fsp3) is 0.375. The lowest BCUT2D eigenvalue weighted by Crippen LogP contribution is -2.35. The second-order valence-corrected chi connectivity index (χ2v) is 8.77. The van der Waals surface area contributed by atoms with E-state index in [2.05, 4.69) is 37.2 Å². The SMILES string of the molecule is O=C(CCCCCC(=O)Nc1ccccc1NC(=O)[C@@H]1CCCN1)Nc1cccc(Br)c1. The van der Waals surface area contributed by atoms with Crippen LogP contribution in [0.3, 0.4) is 0 Å². The standard InChI is InChI=1S/C24H29BrN4O3/c25-17-8-6-9-18(16-17)27-22(30)13-2-1-3-14-23(31)28-19-10-4-5-11-20(19)29-24(32)21-12-7-15-26-21/h4-6,8-11,16,21,26H,1-3,7,12-15H2,(H,27,30)(H,28,31)(H,29,32)/t21-/m0/s1. The van der Waals surface area contributed by atoms with Crippen molar-refractivity contribution in [3.63, 3.8) is 0 Å². The average Bonchev–Trinajstić information content (AvgIpc) is 3.30. The van der Waals surface area contributed by atoms with E-state index >= 15 is 0 Å². The van der Waals surface area contributed by atoms with Crippen LogP contribution in [0.4, 0.5) is 17.1 Å². The zero-order valence-electron chi connectivity index (χ0n) is 18.0. The monoisotopic (exact) mass is 500 g/mol. The van der Waals surface area contributed by atoms with Gasteiger partial charge in [0, 0.05) is 23.0 Å². The van der Waals surface area contributed by atoms with Gasteiger partial charge in [-0.3, -0.25) is 14.4 Å². The number of benzene rings is 2. The quantitative estimate of drug-likeness (QED) is 0.356. The maximum absolute atomic E-state index is 12.4. The van der Waals surface area contributed by atoms with E-state index in [0.717, 1.165) is 36.0 Å². The Kier molecular flexibility index (Phi) is 9.25. The Morgan fingerprint density at radius 1 is 0.875 bits per heavy atom. The van der Waals surface area contributed by atoms with Crippen LogP contribution < -0.4 is 21.3 Å². The van der Waals surface area contributed by atoms with E-state index in [1.165, 1.54) is 0 Å². The minimum atomic E-state index is -0.181. The van der Waals surface area contributed by atoms with Gasteiger partial charge in [0.25, 0.3) is 0 Å². The number of carbonyl (C=O) groups excluding carboxylic acids is 3. The Balaban J connectivity index is 1.36. The molecule has 1 aliphatic rings. The molecule has 0 spiro atoms. The van der Waals surface area contributed by atoms with Crippen LogP contribution in [-0.2, 0) is 14.4 Å². The lowest BCUT2D eigenvalue weighted by Gasteiger charge is -2.15. The lowest BCUT2D eigenvalue weighted by molar-refractivity contribution is -0.118.